The molecule has 0 aromatic carbocycles. The van der Waals surface area contributed by atoms with Gasteiger partial charge in [-0.05, 0) is 46.5 Å². The van der Waals surface area contributed by atoms with E-state index < -0.39 is 29.3 Å². The second-order valence-corrected chi connectivity index (χ2v) is 7.06. The van der Waals surface area contributed by atoms with E-state index in [0.717, 1.165) is 12.8 Å². The topological polar surface area (TPSA) is 93.7 Å². The first-order chi connectivity index (χ1) is 10.1. The lowest BCUT2D eigenvalue weighted by molar-refractivity contribution is -0.156. The number of amides is 2. The van der Waals surface area contributed by atoms with Crippen LogP contribution in [0.4, 0.5) is 4.79 Å². The van der Waals surface area contributed by atoms with Gasteiger partial charge in [-0.25, -0.2) is 4.79 Å². The Morgan fingerprint density at radius 1 is 1.18 bits per heavy atom. The standard InChI is InChI=1S/C15H24N2O5/c1-9(18)21-11(12(19)16-10-5-6-10)15(7-8-15)17-13(20)22-14(2,3)4/h10-11H,5-8H2,1-4H3,(H,16,19)(H,17,20). The fourth-order valence-corrected chi connectivity index (χ4v) is 2.18. The third-order valence-corrected chi connectivity index (χ3v) is 3.49. The van der Waals surface area contributed by atoms with Crippen molar-refractivity contribution in [1.82, 2.24) is 10.6 Å². The molecule has 2 aliphatic carbocycles. The van der Waals surface area contributed by atoms with Crippen LogP contribution in [0, 0.1) is 0 Å². The van der Waals surface area contributed by atoms with Crippen molar-refractivity contribution in [2.75, 3.05) is 0 Å². The van der Waals surface area contributed by atoms with Crippen LogP contribution in [0.15, 0.2) is 0 Å². The quantitative estimate of drug-likeness (QED) is 0.745. The van der Waals surface area contributed by atoms with Crippen molar-refractivity contribution >= 4 is 18.0 Å². The Bertz CT molecular complexity index is 475. The minimum absolute atomic E-state index is 0.155. The summed E-state index contributed by atoms with van der Waals surface area (Å²) in [5, 5.41) is 5.52. The van der Waals surface area contributed by atoms with Crippen molar-refractivity contribution in [3.8, 4) is 0 Å². The molecule has 2 aliphatic rings. The summed E-state index contributed by atoms with van der Waals surface area (Å²) in [5.41, 5.74) is -1.49. The Hall–Kier alpha value is -1.79. The normalized spacial score (nSPS) is 20.5. The van der Waals surface area contributed by atoms with Gasteiger partial charge in [-0.2, -0.15) is 0 Å². The van der Waals surface area contributed by atoms with Gasteiger partial charge in [-0.15, -0.1) is 0 Å². The van der Waals surface area contributed by atoms with Gasteiger partial charge >= 0.3 is 12.1 Å². The maximum absolute atomic E-state index is 12.3. The maximum Gasteiger partial charge on any atom is 0.408 e. The molecule has 1 unspecified atom stereocenters. The van der Waals surface area contributed by atoms with Crippen molar-refractivity contribution in [1.29, 1.82) is 0 Å². The molecule has 0 aliphatic heterocycles. The van der Waals surface area contributed by atoms with Crippen molar-refractivity contribution in [3.05, 3.63) is 0 Å². The van der Waals surface area contributed by atoms with Crippen LogP contribution in [-0.2, 0) is 19.1 Å². The highest BCUT2D eigenvalue weighted by molar-refractivity contribution is 5.87. The average Bonchev–Trinajstić information content (AvgIpc) is 3.20. The molecule has 22 heavy (non-hydrogen) atoms. The number of ether oxygens (including phenoxy) is 2. The van der Waals surface area contributed by atoms with Gasteiger partial charge in [-0.1, -0.05) is 0 Å². The molecular formula is C15H24N2O5. The first-order valence-corrected chi connectivity index (χ1v) is 7.60. The van der Waals surface area contributed by atoms with E-state index in [9.17, 15) is 14.4 Å². The van der Waals surface area contributed by atoms with E-state index >= 15 is 0 Å². The van der Waals surface area contributed by atoms with Crippen LogP contribution in [0.3, 0.4) is 0 Å². The molecular weight excluding hydrogens is 288 g/mol. The molecule has 0 aromatic heterocycles. The Morgan fingerprint density at radius 3 is 2.18 bits per heavy atom. The van der Waals surface area contributed by atoms with Gasteiger partial charge in [0.15, 0.2) is 0 Å². The van der Waals surface area contributed by atoms with Gasteiger partial charge < -0.3 is 20.1 Å². The smallest absolute Gasteiger partial charge is 0.408 e. The molecule has 2 N–H and O–H groups in total. The lowest BCUT2D eigenvalue weighted by atomic mass is 10.1. The molecule has 124 valence electrons. The highest BCUT2D eigenvalue weighted by Crippen LogP contribution is 2.41. The molecule has 1 atom stereocenters. The van der Waals surface area contributed by atoms with Crippen molar-refractivity contribution in [2.45, 2.75) is 76.7 Å². The van der Waals surface area contributed by atoms with E-state index in [-0.39, 0.29) is 11.9 Å². The number of rotatable bonds is 5. The molecule has 0 radical (unpaired) electrons. The number of hydrogen-bond acceptors (Lipinski definition) is 5. The number of carbonyl (C=O) groups is 3. The van der Waals surface area contributed by atoms with Gasteiger partial charge in [0, 0.05) is 13.0 Å². The predicted molar refractivity (Wildman–Crippen MR) is 78.1 cm³/mol. The highest BCUT2D eigenvalue weighted by Gasteiger charge is 2.57. The summed E-state index contributed by atoms with van der Waals surface area (Å²) in [4.78, 5) is 35.6. The van der Waals surface area contributed by atoms with E-state index in [4.69, 9.17) is 9.47 Å². The van der Waals surface area contributed by atoms with Crippen molar-refractivity contribution in [3.63, 3.8) is 0 Å². The van der Waals surface area contributed by atoms with Crippen LogP contribution in [0.25, 0.3) is 0 Å². The van der Waals surface area contributed by atoms with Crippen molar-refractivity contribution < 1.29 is 23.9 Å². The molecule has 2 amide bonds. The van der Waals surface area contributed by atoms with Crippen LogP contribution >= 0.6 is 0 Å². The zero-order valence-electron chi connectivity index (χ0n) is 13.5. The van der Waals surface area contributed by atoms with Crippen LogP contribution in [0.5, 0.6) is 0 Å². The van der Waals surface area contributed by atoms with Gasteiger partial charge in [0.1, 0.15) is 5.60 Å². The molecule has 0 spiro atoms. The zero-order chi connectivity index (χ0) is 16.5. The molecule has 0 saturated heterocycles. The van der Waals surface area contributed by atoms with Crippen LogP contribution < -0.4 is 10.6 Å². The Morgan fingerprint density at radius 2 is 1.77 bits per heavy atom. The monoisotopic (exact) mass is 312 g/mol. The predicted octanol–water partition coefficient (Wildman–Crippen LogP) is 1.25. The SMILES string of the molecule is CC(=O)OC(C(=O)NC1CC1)C1(NC(=O)OC(C)(C)C)CC1. The van der Waals surface area contributed by atoms with E-state index in [2.05, 4.69) is 10.6 Å². The second-order valence-electron chi connectivity index (χ2n) is 7.06. The lowest BCUT2D eigenvalue weighted by Crippen LogP contribution is -2.55. The summed E-state index contributed by atoms with van der Waals surface area (Å²) >= 11 is 0. The average molecular weight is 312 g/mol. The summed E-state index contributed by atoms with van der Waals surface area (Å²) in [6, 6.07) is 0.155. The molecule has 0 bridgehead atoms. The molecule has 7 nitrogen and oxygen atoms in total. The summed E-state index contributed by atoms with van der Waals surface area (Å²) < 4.78 is 10.4. The third-order valence-electron chi connectivity index (χ3n) is 3.49. The molecule has 7 heteroatoms. The number of alkyl carbamates (subject to hydrolysis) is 1. The lowest BCUT2D eigenvalue weighted by Gasteiger charge is -2.28. The first kappa shape index (κ1) is 16.6. The minimum Gasteiger partial charge on any atom is -0.450 e. The fraction of sp³-hybridized carbons (Fsp3) is 0.800. The number of nitrogens with one attached hydrogen (secondary N) is 2. The van der Waals surface area contributed by atoms with E-state index in [1.807, 2.05) is 0 Å². The molecule has 0 heterocycles. The Labute approximate surface area is 130 Å². The largest absolute Gasteiger partial charge is 0.450 e. The van der Waals surface area contributed by atoms with Crippen molar-refractivity contribution in [2.24, 2.45) is 0 Å². The second kappa shape index (κ2) is 5.78. The van der Waals surface area contributed by atoms with E-state index in [0.29, 0.717) is 12.8 Å². The highest BCUT2D eigenvalue weighted by atomic mass is 16.6. The van der Waals surface area contributed by atoms with E-state index in [1.165, 1.54) is 6.92 Å². The van der Waals surface area contributed by atoms with Gasteiger partial charge in [0.05, 0.1) is 5.54 Å². The molecule has 2 fully saturated rings. The molecule has 2 saturated carbocycles. The zero-order valence-corrected chi connectivity index (χ0v) is 13.5. The summed E-state index contributed by atoms with van der Waals surface area (Å²) in [7, 11) is 0. The van der Waals surface area contributed by atoms with Crippen LogP contribution in [-0.4, -0.2) is 41.3 Å². The summed E-state index contributed by atoms with van der Waals surface area (Å²) in [6.45, 7) is 6.53. The Kier molecular flexibility index (Phi) is 4.35. The van der Waals surface area contributed by atoms with E-state index in [1.54, 1.807) is 20.8 Å². The molecule has 0 aromatic rings. The fourth-order valence-electron chi connectivity index (χ4n) is 2.18. The number of esters is 1. The third kappa shape index (κ3) is 4.61. The van der Waals surface area contributed by atoms with Gasteiger partial charge in [0.2, 0.25) is 6.10 Å². The van der Waals surface area contributed by atoms with Crippen LogP contribution in [0.1, 0.15) is 53.4 Å². The molecule has 2 rings (SSSR count). The van der Waals surface area contributed by atoms with Gasteiger partial charge in [0.25, 0.3) is 5.91 Å². The number of carbonyl (C=O) groups excluding carboxylic acids is 3. The maximum atomic E-state index is 12.3. The summed E-state index contributed by atoms with van der Waals surface area (Å²) in [6.07, 6.45) is 1.39. The van der Waals surface area contributed by atoms with Gasteiger partial charge in [-0.3, -0.25) is 9.59 Å². The van der Waals surface area contributed by atoms with Crippen LogP contribution in [0.2, 0.25) is 0 Å². The first-order valence-electron chi connectivity index (χ1n) is 7.60. The minimum atomic E-state index is -1.02. The number of hydrogen-bond donors (Lipinski definition) is 2. The Balaban J connectivity index is 2.03. The summed E-state index contributed by atoms with van der Waals surface area (Å²) in [5.74, 6) is -0.903.